The molecule has 10 N–H and O–H groups in total. The lowest BCUT2D eigenvalue weighted by Crippen LogP contribution is -2.71. The normalized spacial score (nSPS) is 32.3. The molecule has 0 aromatic heterocycles. The van der Waals surface area contributed by atoms with Crippen molar-refractivity contribution in [2.75, 3.05) is 19.8 Å². The zero-order valence-electron chi connectivity index (χ0n) is 12.5. The molecule has 0 aliphatic carbocycles. The summed E-state index contributed by atoms with van der Waals surface area (Å²) in [6.45, 7) is -0.894. The van der Waals surface area contributed by atoms with E-state index < -0.39 is 42.7 Å². The first kappa shape index (κ1) is 19.5. The van der Waals surface area contributed by atoms with Crippen LogP contribution in [0.4, 0.5) is 0 Å². The van der Waals surface area contributed by atoms with Crippen LogP contribution >= 0.6 is 0 Å². The van der Waals surface area contributed by atoms with Crippen LogP contribution in [0.5, 0.6) is 0 Å². The topological polar surface area (TPSA) is 201 Å². The number of carboxylic acid groups (broad SMARTS) is 1. The molecule has 1 heterocycles. The smallest absolute Gasteiger partial charge is 0.320 e. The van der Waals surface area contributed by atoms with Gasteiger partial charge in [0.25, 0.3) is 0 Å². The van der Waals surface area contributed by atoms with Crippen molar-refractivity contribution in [2.45, 2.75) is 42.9 Å². The third kappa shape index (κ3) is 4.99. The van der Waals surface area contributed by atoms with Gasteiger partial charge >= 0.3 is 5.97 Å². The quantitative estimate of drug-likeness (QED) is 0.120. The highest BCUT2D eigenvalue weighted by Gasteiger charge is 2.50. The molecule has 1 rings (SSSR count). The fourth-order valence-corrected chi connectivity index (χ4v) is 2.30. The molecule has 11 nitrogen and oxygen atoms in total. The summed E-state index contributed by atoms with van der Waals surface area (Å²) >= 11 is 0. The van der Waals surface area contributed by atoms with E-state index in [1.165, 1.54) is 0 Å². The van der Waals surface area contributed by atoms with E-state index in [0.29, 0.717) is 6.42 Å². The van der Waals surface area contributed by atoms with E-state index in [4.69, 9.17) is 15.9 Å². The minimum Gasteiger partial charge on any atom is -0.480 e. The molecule has 5 atom stereocenters. The molecular formula is C12H24N4O7. The van der Waals surface area contributed by atoms with Crippen LogP contribution in [0.15, 0.2) is 0 Å². The maximum atomic E-state index is 11.3. The van der Waals surface area contributed by atoms with Crippen molar-refractivity contribution in [3.05, 3.63) is 0 Å². The van der Waals surface area contributed by atoms with E-state index >= 15 is 0 Å². The predicted molar refractivity (Wildman–Crippen MR) is 77.5 cm³/mol. The Hall–Kier alpha value is -1.50. The number of ether oxygens (including phenoxy) is 1. The molecule has 1 unspecified atom stereocenters. The van der Waals surface area contributed by atoms with Crippen LogP contribution in [0.3, 0.4) is 0 Å². The van der Waals surface area contributed by atoms with Crippen LogP contribution in [-0.2, 0) is 9.53 Å². The van der Waals surface area contributed by atoms with Gasteiger partial charge in [-0.15, -0.1) is 0 Å². The number of hydrogen-bond donors (Lipinski definition) is 9. The zero-order valence-corrected chi connectivity index (χ0v) is 12.5. The monoisotopic (exact) mass is 336 g/mol. The maximum absolute atomic E-state index is 11.3. The van der Waals surface area contributed by atoms with E-state index in [2.05, 4.69) is 10.6 Å². The zero-order chi connectivity index (χ0) is 17.6. The summed E-state index contributed by atoms with van der Waals surface area (Å²) in [5, 5.41) is 60.0. The van der Waals surface area contributed by atoms with E-state index in [1.807, 2.05) is 0 Å². The van der Waals surface area contributed by atoms with Gasteiger partial charge in [0.05, 0.1) is 13.2 Å². The van der Waals surface area contributed by atoms with Crippen molar-refractivity contribution in [1.29, 1.82) is 5.41 Å². The Labute approximate surface area is 132 Å². The molecule has 0 aromatic rings. The fourth-order valence-electron chi connectivity index (χ4n) is 2.30. The summed E-state index contributed by atoms with van der Waals surface area (Å²) in [6, 6.07) is -1.19. The maximum Gasteiger partial charge on any atom is 0.320 e. The molecule has 1 fully saturated rings. The number of carboxylic acids is 1. The second-order valence-electron chi connectivity index (χ2n) is 5.38. The number of hydrogen-bond acceptors (Lipinski definition) is 8. The predicted octanol–water partition coefficient (Wildman–Crippen LogP) is -3.91. The van der Waals surface area contributed by atoms with E-state index in [1.54, 1.807) is 0 Å². The van der Waals surface area contributed by atoms with Gasteiger partial charge in [-0.1, -0.05) is 0 Å². The van der Waals surface area contributed by atoms with E-state index in [9.17, 15) is 30.3 Å². The average molecular weight is 336 g/mol. The van der Waals surface area contributed by atoms with E-state index in [0.717, 1.165) is 0 Å². The highest BCUT2D eigenvalue weighted by atomic mass is 16.6. The van der Waals surface area contributed by atoms with Gasteiger partial charge < -0.3 is 41.3 Å². The Morgan fingerprint density at radius 3 is 2.61 bits per heavy atom. The molecule has 0 radical (unpaired) electrons. The first-order chi connectivity index (χ1) is 10.7. The van der Waals surface area contributed by atoms with Crippen molar-refractivity contribution in [3.63, 3.8) is 0 Å². The van der Waals surface area contributed by atoms with Gasteiger partial charge in [0.2, 0.25) is 0 Å². The van der Waals surface area contributed by atoms with Crippen molar-refractivity contribution in [3.8, 4) is 0 Å². The highest BCUT2D eigenvalue weighted by Crippen LogP contribution is 2.25. The third-order valence-corrected chi connectivity index (χ3v) is 3.64. The molecule has 11 heteroatoms. The Bertz CT molecular complexity index is 424. The van der Waals surface area contributed by atoms with Crippen molar-refractivity contribution >= 4 is 11.9 Å². The Balaban J connectivity index is 2.72. The number of guanidine groups is 1. The molecule has 0 aromatic carbocycles. The van der Waals surface area contributed by atoms with Gasteiger partial charge in [0.1, 0.15) is 24.4 Å². The van der Waals surface area contributed by atoms with Gasteiger partial charge in [-0.2, -0.15) is 0 Å². The second-order valence-corrected chi connectivity index (χ2v) is 5.38. The number of nitrogens with two attached hydrogens (primary N) is 1. The van der Waals surface area contributed by atoms with Gasteiger partial charge in [-0.05, 0) is 12.8 Å². The summed E-state index contributed by atoms with van der Waals surface area (Å²) < 4.78 is 5.18. The van der Waals surface area contributed by atoms with Crippen LogP contribution in [0.2, 0.25) is 0 Å². The van der Waals surface area contributed by atoms with Crippen LogP contribution in [0.1, 0.15) is 12.8 Å². The molecule has 0 amide bonds. The van der Waals surface area contributed by atoms with Gasteiger partial charge in [0.15, 0.2) is 11.7 Å². The SMILES string of the molecule is N=C(N)NCCC[C@H](NC1(CO)OC[C@@H](O)[C@@H](O)[C@@H]1O)C(=O)O. The number of rotatable bonds is 8. The van der Waals surface area contributed by atoms with Gasteiger partial charge in [0, 0.05) is 6.54 Å². The first-order valence-electron chi connectivity index (χ1n) is 7.11. The van der Waals surface area contributed by atoms with Gasteiger partial charge in [-0.25, -0.2) is 0 Å². The Morgan fingerprint density at radius 1 is 1.43 bits per heavy atom. The van der Waals surface area contributed by atoms with Crippen molar-refractivity contribution in [1.82, 2.24) is 10.6 Å². The molecule has 0 bridgehead atoms. The summed E-state index contributed by atoms with van der Waals surface area (Å²) in [7, 11) is 0. The van der Waals surface area contributed by atoms with Crippen LogP contribution in [-0.4, -0.2) is 87.3 Å². The molecule has 1 aliphatic rings. The van der Waals surface area contributed by atoms with Crippen molar-refractivity contribution in [2.24, 2.45) is 5.73 Å². The molecular weight excluding hydrogens is 312 g/mol. The Kier molecular flexibility index (Phi) is 7.12. The average Bonchev–Trinajstić information content (AvgIpc) is 2.50. The lowest BCUT2D eigenvalue weighted by atomic mass is 9.93. The Morgan fingerprint density at radius 2 is 2.09 bits per heavy atom. The second kappa shape index (κ2) is 8.38. The fraction of sp³-hybridized carbons (Fsp3) is 0.833. The molecule has 1 aliphatic heterocycles. The minimum absolute atomic E-state index is 0.0894. The number of aliphatic carboxylic acids is 1. The molecule has 0 spiro atoms. The highest BCUT2D eigenvalue weighted by molar-refractivity contribution is 5.74. The largest absolute Gasteiger partial charge is 0.480 e. The van der Waals surface area contributed by atoms with Crippen LogP contribution in [0.25, 0.3) is 0 Å². The summed E-state index contributed by atoms with van der Waals surface area (Å²) in [4.78, 5) is 11.3. The van der Waals surface area contributed by atoms with Gasteiger partial charge in [-0.3, -0.25) is 15.5 Å². The minimum atomic E-state index is -1.89. The number of carbonyl (C=O) groups is 1. The number of nitrogens with one attached hydrogen (secondary N) is 3. The van der Waals surface area contributed by atoms with Crippen LogP contribution < -0.4 is 16.4 Å². The molecule has 23 heavy (non-hydrogen) atoms. The molecule has 1 saturated heterocycles. The first-order valence-corrected chi connectivity index (χ1v) is 7.11. The summed E-state index contributed by atoms with van der Waals surface area (Å²) in [5.41, 5.74) is 3.22. The standard InChI is InChI=1S/C12H24N4O7/c13-11(14)15-3-1-2-6(10(21)22)16-12(5-17)9(20)8(19)7(18)4-23-12/h6-9,16-20H,1-5H2,(H,21,22)(H4,13,14,15)/t6-,7+,8+,9-,12?/m0/s1. The van der Waals surface area contributed by atoms with Crippen LogP contribution in [0, 0.1) is 5.41 Å². The number of aliphatic hydroxyl groups excluding tert-OH is 4. The molecule has 134 valence electrons. The summed E-state index contributed by atoms with van der Waals surface area (Å²) in [5.74, 6) is -1.48. The van der Waals surface area contributed by atoms with E-state index in [-0.39, 0.29) is 25.5 Å². The lowest BCUT2D eigenvalue weighted by molar-refractivity contribution is -0.261. The molecule has 0 saturated carbocycles. The third-order valence-electron chi connectivity index (χ3n) is 3.64. The number of aliphatic hydroxyl groups is 4. The lowest BCUT2D eigenvalue weighted by Gasteiger charge is -2.45. The van der Waals surface area contributed by atoms with Crippen molar-refractivity contribution < 1.29 is 35.1 Å². The summed E-state index contributed by atoms with van der Waals surface area (Å²) in [6.07, 6.45) is -4.21.